The van der Waals surface area contributed by atoms with Crippen LogP contribution in [0.2, 0.25) is 0 Å². The average molecular weight is 195 g/mol. The summed E-state index contributed by atoms with van der Waals surface area (Å²) in [6.45, 7) is 0. The molecule has 0 aromatic carbocycles. The van der Waals surface area contributed by atoms with Crippen molar-refractivity contribution in [2.45, 2.75) is 6.42 Å². The minimum Gasteiger partial charge on any atom is -0.481 e. The number of rotatable bonds is 2. The lowest BCUT2D eigenvalue weighted by atomic mass is 10.5. The van der Waals surface area contributed by atoms with E-state index in [0.717, 1.165) is 0 Å². The summed E-state index contributed by atoms with van der Waals surface area (Å²) in [5, 5.41) is 10.5. The van der Waals surface area contributed by atoms with Crippen LogP contribution in [0.3, 0.4) is 0 Å². The van der Waals surface area contributed by atoms with Gasteiger partial charge < -0.3 is 10.8 Å². The highest BCUT2D eigenvalue weighted by Crippen LogP contribution is 2.10. The number of nitrogens with two attached hydrogens (primary N) is 1. The van der Waals surface area contributed by atoms with Crippen LogP contribution in [0.25, 0.3) is 0 Å². The van der Waals surface area contributed by atoms with Crippen LogP contribution < -0.4 is 5.73 Å². The number of carboxylic acid groups (broad SMARTS) is 1. The number of nitrogens with zero attached hydrogens (tertiary/aromatic N) is 1. The lowest BCUT2D eigenvalue weighted by molar-refractivity contribution is -0.136. The van der Waals surface area contributed by atoms with Gasteiger partial charge in [0.25, 0.3) is 0 Å². The van der Waals surface area contributed by atoms with E-state index in [4.69, 9.17) is 10.8 Å². The van der Waals surface area contributed by atoms with Crippen molar-refractivity contribution in [2.24, 2.45) is 0 Å². The number of thiazole rings is 1. The molecule has 0 unspecified atom stereocenters. The van der Waals surface area contributed by atoms with Gasteiger partial charge in [-0.3, -0.25) is 4.79 Å². The van der Waals surface area contributed by atoms with Crippen molar-refractivity contribution in [2.75, 3.05) is 5.73 Å². The summed E-state index contributed by atoms with van der Waals surface area (Å²) in [6, 6.07) is 0. The van der Waals surface area contributed by atoms with Gasteiger partial charge in [0.05, 0.1) is 6.42 Å². The maximum atomic E-state index is 10.1. The second kappa shape index (κ2) is 4.15. The Bertz CT molecular complexity index is 250. The molecule has 0 amide bonds. The molecule has 3 N–H and O–H groups in total. The lowest BCUT2D eigenvalue weighted by Gasteiger charge is -1.84. The Morgan fingerprint density at radius 2 is 2.45 bits per heavy atom. The zero-order valence-corrected chi connectivity index (χ0v) is 7.11. The molecule has 11 heavy (non-hydrogen) atoms. The van der Waals surface area contributed by atoms with Crippen molar-refractivity contribution >= 4 is 35.5 Å². The molecule has 1 aromatic rings. The van der Waals surface area contributed by atoms with Crippen molar-refractivity contribution in [3.8, 4) is 0 Å². The summed E-state index contributed by atoms with van der Waals surface area (Å²) in [6.07, 6.45) is -0.0398. The summed E-state index contributed by atoms with van der Waals surface area (Å²) < 4.78 is 0. The molecule has 0 bridgehead atoms. The maximum absolute atomic E-state index is 10.1. The number of hydrogen-bond acceptors (Lipinski definition) is 4. The van der Waals surface area contributed by atoms with Gasteiger partial charge in [-0.15, -0.1) is 23.7 Å². The largest absolute Gasteiger partial charge is 0.481 e. The van der Waals surface area contributed by atoms with E-state index in [9.17, 15) is 4.79 Å². The van der Waals surface area contributed by atoms with E-state index in [1.54, 1.807) is 5.38 Å². The Balaban J connectivity index is 0.000001000. The van der Waals surface area contributed by atoms with E-state index in [1.165, 1.54) is 11.3 Å². The summed E-state index contributed by atoms with van der Waals surface area (Å²) in [5.41, 5.74) is 5.26. The first-order valence-electron chi connectivity index (χ1n) is 2.60. The van der Waals surface area contributed by atoms with Gasteiger partial charge in [-0.1, -0.05) is 0 Å². The van der Waals surface area contributed by atoms with Crippen LogP contribution in [0.15, 0.2) is 5.38 Å². The summed E-state index contributed by atoms with van der Waals surface area (Å²) in [4.78, 5) is 13.9. The molecule has 0 aliphatic carbocycles. The first-order valence-corrected chi connectivity index (χ1v) is 3.48. The third-order valence-corrected chi connectivity index (χ3v) is 1.74. The molecule has 1 heterocycles. The first-order chi connectivity index (χ1) is 4.68. The summed E-state index contributed by atoms with van der Waals surface area (Å²) in [5.74, 6) is -0.490. The monoisotopic (exact) mass is 194 g/mol. The second-order valence-electron chi connectivity index (χ2n) is 1.74. The highest BCUT2D eigenvalue weighted by atomic mass is 35.5. The smallest absolute Gasteiger partial charge is 0.310 e. The van der Waals surface area contributed by atoms with Crippen LogP contribution in [0.1, 0.15) is 5.01 Å². The zero-order valence-electron chi connectivity index (χ0n) is 5.48. The number of anilines is 1. The first kappa shape index (κ1) is 10.2. The van der Waals surface area contributed by atoms with Gasteiger partial charge in [0.1, 0.15) is 10.8 Å². The molecule has 62 valence electrons. The molecule has 1 aromatic heterocycles. The van der Waals surface area contributed by atoms with Crippen molar-refractivity contribution < 1.29 is 9.90 Å². The Morgan fingerprint density at radius 3 is 2.82 bits per heavy atom. The Kier molecular flexibility index (Phi) is 3.84. The number of carboxylic acids is 1. The van der Waals surface area contributed by atoms with Crippen LogP contribution in [0, 0.1) is 0 Å². The lowest BCUT2D eigenvalue weighted by Crippen LogP contribution is -1.99. The van der Waals surface area contributed by atoms with Crippen molar-refractivity contribution in [1.82, 2.24) is 4.98 Å². The van der Waals surface area contributed by atoms with Gasteiger partial charge in [0, 0.05) is 5.38 Å². The minimum absolute atomic E-state index is 0. The van der Waals surface area contributed by atoms with Crippen molar-refractivity contribution in [1.29, 1.82) is 0 Å². The standard InChI is InChI=1S/C5H6N2O2S.ClH/c6-3-2-10-4(7-3)1-5(8)9;/h2H,1,6H2,(H,8,9);1H. The quantitative estimate of drug-likeness (QED) is 0.730. The molecule has 0 atom stereocenters. The van der Waals surface area contributed by atoms with E-state index in [0.29, 0.717) is 10.8 Å². The van der Waals surface area contributed by atoms with Gasteiger partial charge in [-0.25, -0.2) is 4.98 Å². The van der Waals surface area contributed by atoms with Gasteiger partial charge in [0.15, 0.2) is 0 Å². The molecule has 1 rings (SSSR count). The number of aliphatic carboxylic acids is 1. The third kappa shape index (κ3) is 3.20. The normalized spacial score (nSPS) is 8.73. The fraction of sp³-hybridized carbons (Fsp3) is 0.200. The number of halogens is 1. The fourth-order valence-electron chi connectivity index (χ4n) is 0.536. The van der Waals surface area contributed by atoms with Crippen molar-refractivity contribution in [3.63, 3.8) is 0 Å². The van der Waals surface area contributed by atoms with E-state index < -0.39 is 5.97 Å². The zero-order chi connectivity index (χ0) is 7.56. The third-order valence-electron chi connectivity index (χ3n) is 0.872. The fourth-order valence-corrected chi connectivity index (χ4v) is 1.21. The average Bonchev–Trinajstić information content (AvgIpc) is 2.13. The molecule has 4 nitrogen and oxygen atoms in total. The van der Waals surface area contributed by atoms with Crippen LogP contribution in [-0.2, 0) is 11.2 Å². The van der Waals surface area contributed by atoms with Crippen LogP contribution in [0.4, 0.5) is 5.82 Å². The molecular formula is C5H7ClN2O2S. The van der Waals surface area contributed by atoms with Gasteiger partial charge in [-0.2, -0.15) is 0 Å². The van der Waals surface area contributed by atoms with E-state index in [1.807, 2.05) is 0 Å². The second-order valence-corrected chi connectivity index (χ2v) is 2.68. The number of carbonyl (C=O) groups is 1. The molecule has 0 radical (unpaired) electrons. The molecule has 6 heteroatoms. The summed E-state index contributed by atoms with van der Waals surface area (Å²) >= 11 is 1.26. The molecule has 0 saturated heterocycles. The Hall–Kier alpha value is -0.810. The van der Waals surface area contributed by atoms with E-state index in [2.05, 4.69) is 4.98 Å². The van der Waals surface area contributed by atoms with Gasteiger partial charge in [0.2, 0.25) is 0 Å². The van der Waals surface area contributed by atoms with Gasteiger partial charge >= 0.3 is 5.97 Å². The molecule has 0 fully saturated rings. The number of hydrogen-bond donors (Lipinski definition) is 2. The Labute approximate surface area is 73.5 Å². The van der Waals surface area contributed by atoms with E-state index in [-0.39, 0.29) is 18.8 Å². The van der Waals surface area contributed by atoms with Crippen LogP contribution >= 0.6 is 23.7 Å². The maximum Gasteiger partial charge on any atom is 0.310 e. The Morgan fingerprint density at radius 1 is 1.82 bits per heavy atom. The topological polar surface area (TPSA) is 76.2 Å². The predicted molar refractivity (Wildman–Crippen MR) is 45.1 cm³/mol. The van der Waals surface area contributed by atoms with Crippen LogP contribution in [-0.4, -0.2) is 16.1 Å². The number of nitrogen functional groups attached to an aromatic ring is 1. The van der Waals surface area contributed by atoms with Crippen molar-refractivity contribution in [3.05, 3.63) is 10.4 Å². The molecule has 0 aliphatic rings. The van der Waals surface area contributed by atoms with Gasteiger partial charge in [-0.05, 0) is 0 Å². The minimum atomic E-state index is -0.880. The van der Waals surface area contributed by atoms with E-state index >= 15 is 0 Å². The predicted octanol–water partition coefficient (Wildman–Crippen LogP) is 0.774. The summed E-state index contributed by atoms with van der Waals surface area (Å²) in [7, 11) is 0. The SMILES string of the molecule is Cl.Nc1csc(CC(=O)O)n1. The molecule has 0 aliphatic heterocycles. The molecule has 0 saturated carbocycles. The molecular weight excluding hydrogens is 188 g/mol. The highest BCUT2D eigenvalue weighted by molar-refractivity contribution is 7.10. The van der Waals surface area contributed by atoms with Crippen LogP contribution in [0.5, 0.6) is 0 Å². The number of aromatic nitrogens is 1. The highest BCUT2D eigenvalue weighted by Gasteiger charge is 2.03. The molecule has 0 spiro atoms.